The Kier molecular flexibility index (Phi) is 3.55. The number of ether oxygens (including phenoxy) is 1. The molecule has 1 N–H and O–H groups in total. The van der Waals surface area contributed by atoms with Crippen LogP contribution in [0.4, 0.5) is 5.69 Å². The number of carbonyl (C=O) groups is 2. The maximum atomic E-state index is 12.0. The van der Waals surface area contributed by atoms with Gasteiger partial charge in [-0.25, -0.2) is 4.79 Å². The van der Waals surface area contributed by atoms with Gasteiger partial charge in [0.1, 0.15) is 0 Å². The van der Waals surface area contributed by atoms with E-state index in [1.54, 1.807) is 20.9 Å². The van der Waals surface area contributed by atoms with Crippen molar-refractivity contribution < 1.29 is 18.8 Å². The van der Waals surface area contributed by atoms with Gasteiger partial charge in [-0.1, -0.05) is 5.16 Å². The fourth-order valence-corrected chi connectivity index (χ4v) is 1.78. The first-order valence-electron chi connectivity index (χ1n) is 5.80. The summed E-state index contributed by atoms with van der Waals surface area (Å²) in [6, 6.07) is 1.50. The molecule has 1 amide bonds. The average molecular weight is 278 g/mol. The Morgan fingerprint density at radius 3 is 2.65 bits per heavy atom. The quantitative estimate of drug-likeness (QED) is 0.843. The van der Waals surface area contributed by atoms with Crippen LogP contribution < -0.4 is 5.32 Å². The van der Waals surface area contributed by atoms with Crippen LogP contribution in [0.25, 0.3) is 0 Å². The highest BCUT2D eigenvalue weighted by Gasteiger charge is 2.23. The molecule has 0 unspecified atom stereocenters. The average Bonchev–Trinajstić information content (AvgIpc) is 2.94. The van der Waals surface area contributed by atoms with Gasteiger partial charge in [0, 0.05) is 13.1 Å². The molecule has 0 aliphatic carbocycles. The Morgan fingerprint density at radius 2 is 2.10 bits per heavy atom. The molecule has 0 fully saturated rings. The maximum absolute atomic E-state index is 12.0. The monoisotopic (exact) mass is 278 g/mol. The maximum Gasteiger partial charge on any atom is 0.358 e. The molecule has 106 valence electrons. The van der Waals surface area contributed by atoms with E-state index < -0.39 is 11.9 Å². The van der Waals surface area contributed by atoms with Crippen molar-refractivity contribution in [3.05, 3.63) is 28.9 Å². The number of amides is 1. The van der Waals surface area contributed by atoms with E-state index in [0.29, 0.717) is 17.1 Å². The third-order valence-corrected chi connectivity index (χ3v) is 2.69. The number of esters is 1. The second kappa shape index (κ2) is 5.16. The van der Waals surface area contributed by atoms with Crippen molar-refractivity contribution in [3.63, 3.8) is 0 Å². The van der Waals surface area contributed by atoms with Gasteiger partial charge in [-0.15, -0.1) is 0 Å². The molecular weight excluding hydrogens is 264 g/mol. The van der Waals surface area contributed by atoms with Gasteiger partial charge >= 0.3 is 5.97 Å². The molecule has 0 aromatic carbocycles. The Bertz CT molecular complexity index is 671. The van der Waals surface area contributed by atoms with Crippen LogP contribution >= 0.6 is 0 Å². The molecule has 0 aliphatic rings. The number of carbonyl (C=O) groups excluding carboxylic acids is 2. The number of nitrogens with zero attached hydrogens (tertiary/aromatic N) is 3. The summed E-state index contributed by atoms with van der Waals surface area (Å²) in [6.07, 6.45) is 0. The minimum absolute atomic E-state index is 0.0570. The van der Waals surface area contributed by atoms with Crippen LogP contribution in [0, 0.1) is 13.8 Å². The molecular formula is C12H14N4O4. The number of rotatable bonds is 3. The van der Waals surface area contributed by atoms with E-state index in [1.165, 1.54) is 17.9 Å². The SMILES string of the molecule is COC(=O)c1c(NC(=O)c2cc(C)no2)c(C)nn1C. The molecule has 2 aromatic heterocycles. The molecule has 2 aromatic rings. The third-order valence-electron chi connectivity index (χ3n) is 2.69. The van der Waals surface area contributed by atoms with Crippen LogP contribution in [0.15, 0.2) is 10.6 Å². The number of hydrogen-bond acceptors (Lipinski definition) is 6. The number of aryl methyl sites for hydroxylation is 3. The van der Waals surface area contributed by atoms with Crippen molar-refractivity contribution in [1.29, 1.82) is 0 Å². The minimum atomic E-state index is -0.586. The minimum Gasteiger partial charge on any atom is -0.464 e. The fraction of sp³-hybridized carbons (Fsp3) is 0.333. The van der Waals surface area contributed by atoms with Gasteiger partial charge in [-0.05, 0) is 13.8 Å². The van der Waals surface area contributed by atoms with E-state index in [2.05, 4.69) is 20.3 Å². The normalized spacial score (nSPS) is 10.4. The standard InChI is InChI=1S/C12H14N4O4/c1-6-5-8(20-15-6)11(17)13-9-7(2)14-16(3)10(9)12(18)19-4/h5H,1-4H3,(H,13,17). The molecule has 0 bridgehead atoms. The van der Waals surface area contributed by atoms with Crippen molar-refractivity contribution in [2.75, 3.05) is 12.4 Å². The first-order chi connectivity index (χ1) is 9.43. The lowest BCUT2D eigenvalue weighted by Crippen LogP contribution is -2.16. The van der Waals surface area contributed by atoms with Gasteiger partial charge in [0.2, 0.25) is 5.76 Å². The van der Waals surface area contributed by atoms with Gasteiger partial charge in [-0.3, -0.25) is 9.48 Å². The van der Waals surface area contributed by atoms with Crippen LogP contribution in [-0.2, 0) is 11.8 Å². The summed E-state index contributed by atoms with van der Waals surface area (Å²) in [6.45, 7) is 3.38. The summed E-state index contributed by atoms with van der Waals surface area (Å²) >= 11 is 0. The van der Waals surface area contributed by atoms with Gasteiger partial charge in [0.25, 0.3) is 5.91 Å². The van der Waals surface area contributed by atoms with Crippen molar-refractivity contribution in [2.45, 2.75) is 13.8 Å². The van der Waals surface area contributed by atoms with Crippen LogP contribution in [0.5, 0.6) is 0 Å². The van der Waals surface area contributed by atoms with E-state index in [0.717, 1.165) is 0 Å². The molecule has 8 heteroatoms. The number of aromatic nitrogens is 3. The molecule has 20 heavy (non-hydrogen) atoms. The van der Waals surface area contributed by atoms with Gasteiger partial charge < -0.3 is 14.6 Å². The Labute approximate surface area is 114 Å². The van der Waals surface area contributed by atoms with Gasteiger partial charge in [0.15, 0.2) is 5.69 Å². The fourth-order valence-electron chi connectivity index (χ4n) is 1.78. The van der Waals surface area contributed by atoms with Gasteiger partial charge in [0.05, 0.1) is 24.2 Å². The molecule has 2 rings (SSSR count). The summed E-state index contributed by atoms with van der Waals surface area (Å²) in [5.74, 6) is -1.04. The molecule has 8 nitrogen and oxygen atoms in total. The zero-order valence-electron chi connectivity index (χ0n) is 11.6. The molecule has 0 spiro atoms. The first-order valence-corrected chi connectivity index (χ1v) is 5.80. The molecule has 0 atom stereocenters. The topological polar surface area (TPSA) is 99.2 Å². The number of anilines is 1. The summed E-state index contributed by atoms with van der Waals surface area (Å²) in [5, 5.41) is 10.3. The van der Waals surface area contributed by atoms with E-state index >= 15 is 0 Å². The highest BCUT2D eigenvalue weighted by molar-refractivity contribution is 6.06. The molecule has 0 saturated carbocycles. The van der Waals surface area contributed by atoms with Crippen LogP contribution in [0.1, 0.15) is 32.4 Å². The Balaban J connectivity index is 2.34. The van der Waals surface area contributed by atoms with Gasteiger partial charge in [-0.2, -0.15) is 5.10 Å². The smallest absolute Gasteiger partial charge is 0.358 e. The lowest BCUT2D eigenvalue weighted by Gasteiger charge is -2.05. The Hall–Kier alpha value is -2.64. The summed E-state index contributed by atoms with van der Waals surface area (Å²) in [5.41, 5.74) is 1.54. The van der Waals surface area contributed by atoms with Crippen molar-refractivity contribution in [3.8, 4) is 0 Å². The lowest BCUT2D eigenvalue weighted by molar-refractivity contribution is 0.0589. The number of hydrogen-bond donors (Lipinski definition) is 1. The van der Waals surface area contributed by atoms with E-state index in [1.807, 2.05) is 0 Å². The second-order valence-corrected chi connectivity index (χ2v) is 4.21. The summed E-state index contributed by atoms with van der Waals surface area (Å²) < 4.78 is 10.9. The summed E-state index contributed by atoms with van der Waals surface area (Å²) in [7, 11) is 2.85. The zero-order chi connectivity index (χ0) is 14.9. The van der Waals surface area contributed by atoms with E-state index in [9.17, 15) is 9.59 Å². The summed E-state index contributed by atoms with van der Waals surface area (Å²) in [4.78, 5) is 23.7. The Morgan fingerprint density at radius 1 is 1.40 bits per heavy atom. The number of methoxy groups -OCH3 is 1. The van der Waals surface area contributed by atoms with Crippen molar-refractivity contribution in [1.82, 2.24) is 14.9 Å². The second-order valence-electron chi connectivity index (χ2n) is 4.21. The lowest BCUT2D eigenvalue weighted by atomic mass is 10.2. The van der Waals surface area contributed by atoms with Crippen LogP contribution in [0.3, 0.4) is 0 Å². The highest BCUT2D eigenvalue weighted by atomic mass is 16.5. The van der Waals surface area contributed by atoms with E-state index in [4.69, 9.17) is 4.52 Å². The van der Waals surface area contributed by atoms with Crippen LogP contribution in [0.2, 0.25) is 0 Å². The predicted molar refractivity (Wildman–Crippen MR) is 68.5 cm³/mol. The first kappa shape index (κ1) is 13.8. The van der Waals surface area contributed by atoms with E-state index in [-0.39, 0.29) is 11.5 Å². The van der Waals surface area contributed by atoms with Crippen molar-refractivity contribution >= 4 is 17.6 Å². The largest absolute Gasteiger partial charge is 0.464 e. The zero-order valence-corrected chi connectivity index (χ0v) is 11.6. The van der Waals surface area contributed by atoms with Crippen LogP contribution in [-0.4, -0.2) is 33.9 Å². The van der Waals surface area contributed by atoms with Crippen molar-refractivity contribution in [2.24, 2.45) is 7.05 Å². The number of nitrogens with one attached hydrogen (secondary N) is 1. The molecule has 0 saturated heterocycles. The molecule has 0 radical (unpaired) electrons. The molecule has 2 heterocycles. The highest BCUT2D eigenvalue weighted by Crippen LogP contribution is 2.21. The molecule has 0 aliphatic heterocycles. The predicted octanol–water partition coefficient (Wildman–Crippen LogP) is 1.06. The third kappa shape index (κ3) is 2.40.